The van der Waals surface area contributed by atoms with Crippen LogP contribution in [0.15, 0.2) is 65.5 Å². The molecule has 0 bridgehead atoms. The van der Waals surface area contributed by atoms with Gasteiger partial charge in [0.25, 0.3) is 0 Å². The minimum absolute atomic E-state index is 0.0159. The Kier molecular flexibility index (Phi) is 4.73. The van der Waals surface area contributed by atoms with Crippen molar-refractivity contribution in [2.24, 2.45) is 5.92 Å². The van der Waals surface area contributed by atoms with E-state index in [0.717, 1.165) is 5.69 Å². The summed E-state index contributed by atoms with van der Waals surface area (Å²) in [6.07, 6.45) is 5.41. The lowest BCUT2D eigenvalue weighted by atomic mass is 10.1. The Hall–Kier alpha value is -3.33. The number of esters is 1. The number of nitrogens with zero attached hydrogens (tertiary/aromatic N) is 3. The first kappa shape index (κ1) is 15.6. The van der Waals surface area contributed by atoms with Gasteiger partial charge in [0, 0.05) is 18.8 Å². The van der Waals surface area contributed by atoms with Gasteiger partial charge in [-0.2, -0.15) is 10.4 Å². The number of hydrogen-bond donors (Lipinski definition) is 0. The lowest BCUT2D eigenvalue weighted by Gasteiger charge is -2.10. The quantitative estimate of drug-likeness (QED) is 0.652. The smallest absolute Gasteiger partial charge is 0.338 e. The fourth-order valence-electron chi connectivity index (χ4n) is 2.27. The Labute approximate surface area is 138 Å². The minimum atomic E-state index is -0.469. The van der Waals surface area contributed by atoms with E-state index in [2.05, 4.69) is 11.2 Å². The molecular weight excluding hydrogens is 306 g/mol. The van der Waals surface area contributed by atoms with Crippen LogP contribution in [0.5, 0.6) is 0 Å². The molecule has 24 heavy (non-hydrogen) atoms. The number of hydrogen-bond acceptors (Lipinski definition) is 5. The molecule has 2 heterocycles. The average Bonchev–Trinajstić information content (AvgIpc) is 3.32. The van der Waals surface area contributed by atoms with Gasteiger partial charge in [0.2, 0.25) is 0 Å². The predicted octanol–water partition coefficient (Wildman–Crippen LogP) is 3.00. The van der Waals surface area contributed by atoms with Crippen LogP contribution in [-0.4, -0.2) is 22.4 Å². The summed E-state index contributed by atoms with van der Waals surface area (Å²) in [4.78, 5) is 12.2. The summed E-state index contributed by atoms with van der Waals surface area (Å²) in [6, 6.07) is 14.5. The van der Waals surface area contributed by atoms with Crippen LogP contribution in [0.2, 0.25) is 0 Å². The molecule has 0 unspecified atom stereocenters. The molecule has 0 N–H and O–H groups in total. The number of carbonyl (C=O) groups is 1. The van der Waals surface area contributed by atoms with Crippen LogP contribution < -0.4 is 0 Å². The molecule has 120 valence electrons. The predicted molar refractivity (Wildman–Crippen MR) is 85.4 cm³/mol. The van der Waals surface area contributed by atoms with Gasteiger partial charge >= 0.3 is 5.97 Å². The monoisotopic (exact) mass is 321 g/mol. The Morgan fingerprint density at radius 1 is 1.33 bits per heavy atom. The largest absolute Gasteiger partial charge is 0.469 e. The van der Waals surface area contributed by atoms with Crippen molar-refractivity contribution >= 4 is 5.97 Å². The summed E-state index contributed by atoms with van der Waals surface area (Å²) >= 11 is 0. The van der Waals surface area contributed by atoms with Crippen molar-refractivity contribution in [2.75, 3.05) is 6.61 Å². The van der Waals surface area contributed by atoms with Crippen LogP contribution in [0, 0.1) is 17.2 Å². The van der Waals surface area contributed by atoms with Crippen LogP contribution in [-0.2, 0) is 11.2 Å². The van der Waals surface area contributed by atoms with E-state index in [0.29, 0.717) is 17.7 Å². The second kappa shape index (κ2) is 7.29. The van der Waals surface area contributed by atoms with Gasteiger partial charge in [-0.3, -0.25) is 0 Å². The van der Waals surface area contributed by atoms with Crippen LogP contribution in [0.4, 0.5) is 0 Å². The highest BCUT2D eigenvalue weighted by atomic mass is 16.5. The Balaban J connectivity index is 1.62. The second-order valence-corrected chi connectivity index (χ2v) is 5.21. The van der Waals surface area contributed by atoms with Gasteiger partial charge in [0.15, 0.2) is 0 Å². The first-order chi connectivity index (χ1) is 11.8. The van der Waals surface area contributed by atoms with Gasteiger partial charge < -0.3 is 9.15 Å². The summed E-state index contributed by atoms with van der Waals surface area (Å²) < 4.78 is 12.1. The van der Waals surface area contributed by atoms with E-state index in [9.17, 15) is 10.1 Å². The molecule has 0 radical (unpaired) electrons. The van der Waals surface area contributed by atoms with Crippen LogP contribution >= 0.6 is 0 Å². The number of ether oxygens (including phenoxy) is 1. The zero-order valence-electron chi connectivity index (χ0n) is 12.8. The number of aromatic nitrogens is 2. The molecule has 0 spiro atoms. The summed E-state index contributed by atoms with van der Waals surface area (Å²) in [5, 5.41) is 13.3. The maximum absolute atomic E-state index is 12.2. The zero-order chi connectivity index (χ0) is 16.8. The molecule has 0 amide bonds. The maximum Gasteiger partial charge on any atom is 0.338 e. The third-order valence-electron chi connectivity index (χ3n) is 3.48. The SMILES string of the molecule is N#C[C@H](COC(=O)c1cccc(-n2cccn2)c1)Cc1ccco1. The molecular formula is C18H15N3O3. The van der Waals surface area contributed by atoms with Crippen molar-refractivity contribution < 1.29 is 13.9 Å². The van der Waals surface area contributed by atoms with Crippen LogP contribution in [0.1, 0.15) is 16.1 Å². The van der Waals surface area contributed by atoms with Crippen molar-refractivity contribution in [1.29, 1.82) is 5.26 Å². The van der Waals surface area contributed by atoms with Crippen LogP contribution in [0.3, 0.4) is 0 Å². The first-order valence-corrected chi connectivity index (χ1v) is 7.45. The van der Waals surface area contributed by atoms with E-state index in [4.69, 9.17) is 9.15 Å². The Morgan fingerprint density at radius 3 is 2.96 bits per heavy atom. The van der Waals surface area contributed by atoms with E-state index in [1.807, 2.05) is 6.07 Å². The Morgan fingerprint density at radius 2 is 2.25 bits per heavy atom. The molecule has 1 aromatic carbocycles. The van der Waals surface area contributed by atoms with Crippen molar-refractivity contribution in [3.8, 4) is 11.8 Å². The summed E-state index contributed by atoms with van der Waals surface area (Å²) in [7, 11) is 0. The third-order valence-corrected chi connectivity index (χ3v) is 3.48. The van der Waals surface area contributed by atoms with Crippen LogP contribution in [0.25, 0.3) is 5.69 Å². The van der Waals surface area contributed by atoms with E-state index >= 15 is 0 Å². The highest BCUT2D eigenvalue weighted by Gasteiger charge is 2.15. The molecule has 0 saturated heterocycles. The second-order valence-electron chi connectivity index (χ2n) is 5.21. The van der Waals surface area contributed by atoms with Crippen molar-refractivity contribution in [3.63, 3.8) is 0 Å². The molecule has 0 aliphatic heterocycles. The number of furan rings is 1. The third kappa shape index (κ3) is 3.70. The molecule has 2 aromatic heterocycles. The Bertz CT molecular complexity index is 833. The number of benzene rings is 1. The van der Waals surface area contributed by atoms with E-state index < -0.39 is 11.9 Å². The molecule has 0 aliphatic carbocycles. The molecule has 3 rings (SSSR count). The average molecular weight is 321 g/mol. The van der Waals surface area contributed by atoms with E-state index in [1.54, 1.807) is 59.7 Å². The molecule has 6 nitrogen and oxygen atoms in total. The number of rotatable bonds is 6. The summed E-state index contributed by atoms with van der Waals surface area (Å²) in [5.74, 6) is -0.226. The van der Waals surface area contributed by atoms with Gasteiger partial charge in [-0.15, -0.1) is 0 Å². The van der Waals surface area contributed by atoms with Crippen molar-refractivity contribution in [1.82, 2.24) is 9.78 Å². The fraction of sp³-hybridized carbons (Fsp3) is 0.167. The molecule has 0 saturated carbocycles. The molecule has 0 fully saturated rings. The minimum Gasteiger partial charge on any atom is -0.469 e. The number of nitriles is 1. The van der Waals surface area contributed by atoms with Gasteiger partial charge in [-0.1, -0.05) is 6.07 Å². The van der Waals surface area contributed by atoms with Crippen molar-refractivity contribution in [3.05, 3.63) is 72.4 Å². The van der Waals surface area contributed by atoms with E-state index in [-0.39, 0.29) is 6.61 Å². The fourth-order valence-corrected chi connectivity index (χ4v) is 2.27. The highest BCUT2D eigenvalue weighted by Crippen LogP contribution is 2.13. The van der Waals surface area contributed by atoms with Gasteiger partial charge in [-0.05, 0) is 36.4 Å². The maximum atomic E-state index is 12.2. The van der Waals surface area contributed by atoms with E-state index in [1.165, 1.54) is 0 Å². The first-order valence-electron chi connectivity index (χ1n) is 7.45. The lowest BCUT2D eigenvalue weighted by Crippen LogP contribution is -2.15. The zero-order valence-corrected chi connectivity index (χ0v) is 12.8. The van der Waals surface area contributed by atoms with Crippen molar-refractivity contribution in [2.45, 2.75) is 6.42 Å². The molecule has 3 aromatic rings. The topological polar surface area (TPSA) is 81.0 Å². The highest BCUT2D eigenvalue weighted by molar-refractivity contribution is 5.90. The van der Waals surface area contributed by atoms with Gasteiger partial charge in [0.05, 0.1) is 29.5 Å². The lowest BCUT2D eigenvalue weighted by molar-refractivity contribution is 0.0465. The number of carbonyl (C=O) groups excluding carboxylic acids is 1. The molecule has 6 heteroatoms. The standard InChI is InChI=1S/C18H15N3O3/c19-12-14(10-17-6-2-9-23-17)13-24-18(22)15-4-1-5-16(11-15)21-8-3-7-20-21/h1-9,11,14H,10,13H2/t14-/m1/s1. The summed E-state index contributed by atoms with van der Waals surface area (Å²) in [6.45, 7) is 0.0159. The molecule has 0 aliphatic rings. The summed E-state index contributed by atoms with van der Waals surface area (Å²) in [5.41, 5.74) is 1.18. The molecule has 1 atom stereocenters. The van der Waals surface area contributed by atoms with Gasteiger partial charge in [-0.25, -0.2) is 9.48 Å². The van der Waals surface area contributed by atoms with Gasteiger partial charge in [0.1, 0.15) is 12.4 Å². The normalized spacial score (nSPS) is 11.6.